The third-order valence-electron chi connectivity index (χ3n) is 2.18. The molecule has 1 rings (SSSR count). The van der Waals surface area contributed by atoms with Crippen molar-refractivity contribution in [2.24, 2.45) is 0 Å². The number of nitro groups is 1. The van der Waals surface area contributed by atoms with Gasteiger partial charge in [0.25, 0.3) is 5.69 Å². The highest BCUT2D eigenvalue weighted by molar-refractivity contribution is 6.31. The first-order chi connectivity index (χ1) is 8.49. The van der Waals surface area contributed by atoms with Gasteiger partial charge in [0, 0.05) is 19.2 Å². The van der Waals surface area contributed by atoms with E-state index >= 15 is 0 Å². The first-order valence-corrected chi connectivity index (χ1v) is 5.37. The van der Waals surface area contributed by atoms with Gasteiger partial charge in [-0.3, -0.25) is 10.1 Å². The summed E-state index contributed by atoms with van der Waals surface area (Å²) in [5.74, 6) is -0.779. The summed E-state index contributed by atoms with van der Waals surface area (Å²) in [4.78, 5) is 10.1. The molecule has 8 heteroatoms. The molecule has 0 aromatic heterocycles. The number of methoxy groups -OCH3 is 1. The lowest BCUT2D eigenvalue weighted by Crippen LogP contribution is -2.29. The summed E-state index contributed by atoms with van der Waals surface area (Å²) in [7, 11) is 1.42. The number of nitrogens with zero attached hydrogens (tertiary/aromatic N) is 1. The van der Waals surface area contributed by atoms with Crippen molar-refractivity contribution in [2.45, 2.75) is 6.04 Å². The van der Waals surface area contributed by atoms with Crippen LogP contribution in [0.4, 0.5) is 15.8 Å². The van der Waals surface area contributed by atoms with Crippen LogP contribution in [0.5, 0.6) is 0 Å². The van der Waals surface area contributed by atoms with Crippen molar-refractivity contribution >= 4 is 23.0 Å². The zero-order valence-corrected chi connectivity index (χ0v) is 10.3. The Kier molecular flexibility index (Phi) is 5.26. The molecule has 0 spiro atoms. The zero-order valence-electron chi connectivity index (χ0n) is 9.52. The average Bonchev–Trinajstić information content (AvgIpc) is 2.32. The van der Waals surface area contributed by atoms with Gasteiger partial charge >= 0.3 is 0 Å². The van der Waals surface area contributed by atoms with Gasteiger partial charge in [0.15, 0.2) is 0 Å². The molecule has 6 nitrogen and oxygen atoms in total. The number of aliphatic hydroxyl groups excluding tert-OH is 1. The topological polar surface area (TPSA) is 84.6 Å². The van der Waals surface area contributed by atoms with Crippen LogP contribution in [0.25, 0.3) is 0 Å². The highest BCUT2D eigenvalue weighted by Crippen LogP contribution is 2.30. The summed E-state index contributed by atoms with van der Waals surface area (Å²) in [6.07, 6.45) is 0. The maximum Gasteiger partial charge on any atom is 0.294 e. The molecule has 0 heterocycles. The fourth-order valence-electron chi connectivity index (χ4n) is 1.36. The molecule has 0 aliphatic heterocycles. The fourth-order valence-corrected chi connectivity index (χ4v) is 1.52. The zero-order chi connectivity index (χ0) is 13.7. The Bertz CT molecular complexity index is 444. The second-order valence-electron chi connectivity index (χ2n) is 3.52. The lowest BCUT2D eigenvalue weighted by Gasteiger charge is -2.16. The van der Waals surface area contributed by atoms with Gasteiger partial charge in [-0.25, -0.2) is 4.39 Å². The molecule has 18 heavy (non-hydrogen) atoms. The summed E-state index contributed by atoms with van der Waals surface area (Å²) < 4.78 is 18.1. The monoisotopic (exact) mass is 278 g/mol. The van der Waals surface area contributed by atoms with Gasteiger partial charge in [0.2, 0.25) is 0 Å². The summed E-state index contributed by atoms with van der Waals surface area (Å²) in [6.45, 7) is -0.187. The number of anilines is 1. The van der Waals surface area contributed by atoms with Gasteiger partial charge in [-0.1, -0.05) is 11.6 Å². The lowest BCUT2D eigenvalue weighted by molar-refractivity contribution is -0.384. The van der Waals surface area contributed by atoms with Crippen LogP contribution < -0.4 is 5.32 Å². The van der Waals surface area contributed by atoms with E-state index in [0.29, 0.717) is 0 Å². The van der Waals surface area contributed by atoms with E-state index in [1.165, 1.54) is 7.11 Å². The number of hydrogen-bond donors (Lipinski definition) is 2. The molecule has 0 fully saturated rings. The molecule has 0 bridgehead atoms. The predicted molar refractivity (Wildman–Crippen MR) is 64.4 cm³/mol. The third-order valence-corrected chi connectivity index (χ3v) is 2.47. The standard InChI is InChI=1S/C10H12ClFN2O4/c1-18-5-6(4-15)13-9-3-8(12)7(11)2-10(9)14(16)17/h2-3,6,13,15H,4-5H2,1H3. The van der Waals surface area contributed by atoms with Crippen molar-refractivity contribution in [3.05, 3.63) is 33.1 Å². The first-order valence-electron chi connectivity index (χ1n) is 4.99. The van der Waals surface area contributed by atoms with Gasteiger partial charge in [-0.15, -0.1) is 0 Å². The summed E-state index contributed by atoms with van der Waals surface area (Å²) in [5.41, 5.74) is -0.422. The molecule has 1 aromatic rings. The lowest BCUT2D eigenvalue weighted by atomic mass is 10.2. The second kappa shape index (κ2) is 6.48. The van der Waals surface area contributed by atoms with E-state index in [0.717, 1.165) is 12.1 Å². The fraction of sp³-hybridized carbons (Fsp3) is 0.400. The molecule has 100 valence electrons. The van der Waals surface area contributed by atoms with Crippen molar-refractivity contribution in [3.63, 3.8) is 0 Å². The van der Waals surface area contributed by atoms with Crippen LogP contribution in [0.15, 0.2) is 12.1 Å². The predicted octanol–water partition coefficient (Wildman–Crippen LogP) is 1.81. The van der Waals surface area contributed by atoms with Crippen LogP contribution >= 0.6 is 11.6 Å². The number of nitro benzene ring substituents is 1. The van der Waals surface area contributed by atoms with E-state index in [2.05, 4.69) is 5.32 Å². The summed E-state index contributed by atoms with van der Waals surface area (Å²) in [5, 5.41) is 22.1. The molecule has 0 saturated carbocycles. The molecule has 0 aliphatic carbocycles. The van der Waals surface area contributed by atoms with E-state index < -0.39 is 16.8 Å². The molecule has 1 unspecified atom stereocenters. The smallest absolute Gasteiger partial charge is 0.294 e. The normalized spacial score (nSPS) is 12.2. The van der Waals surface area contributed by atoms with E-state index in [1.54, 1.807) is 0 Å². The van der Waals surface area contributed by atoms with Crippen molar-refractivity contribution < 1.29 is 19.2 Å². The first kappa shape index (κ1) is 14.6. The molecular weight excluding hydrogens is 267 g/mol. The number of benzene rings is 1. The highest BCUT2D eigenvalue weighted by Gasteiger charge is 2.20. The molecule has 2 N–H and O–H groups in total. The van der Waals surface area contributed by atoms with Crippen molar-refractivity contribution in [3.8, 4) is 0 Å². The van der Waals surface area contributed by atoms with Gasteiger partial charge in [0.1, 0.15) is 11.5 Å². The molecular formula is C10H12ClFN2O4. The number of ether oxygens (including phenoxy) is 1. The minimum Gasteiger partial charge on any atom is -0.394 e. The van der Waals surface area contributed by atoms with Crippen LogP contribution in [0.1, 0.15) is 0 Å². The number of nitrogens with one attached hydrogen (secondary N) is 1. The van der Waals surface area contributed by atoms with Gasteiger partial charge < -0.3 is 15.2 Å². The number of halogens is 2. The molecule has 0 aliphatic rings. The number of rotatable bonds is 6. The van der Waals surface area contributed by atoms with E-state index in [1.807, 2.05) is 0 Å². The maximum absolute atomic E-state index is 13.3. The van der Waals surface area contributed by atoms with Crippen molar-refractivity contribution in [2.75, 3.05) is 25.6 Å². The highest BCUT2D eigenvalue weighted by atomic mass is 35.5. The Morgan fingerprint density at radius 2 is 2.33 bits per heavy atom. The van der Waals surface area contributed by atoms with E-state index in [9.17, 15) is 14.5 Å². The molecule has 0 amide bonds. The maximum atomic E-state index is 13.3. The van der Waals surface area contributed by atoms with Crippen LogP contribution in [0, 0.1) is 15.9 Å². The van der Waals surface area contributed by atoms with Gasteiger partial charge in [-0.05, 0) is 0 Å². The number of hydrogen-bond acceptors (Lipinski definition) is 5. The van der Waals surface area contributed by atoms with Crippen LogP contribution in [0.2, 0.25) is 5.02 Å². The molecule has 0 saturated heterocycles. The Balaban J connectivity index is 3.06. The van der Waals surface area contributed by atoms with Crippen LogP contribution in [0.3, 0.4) is 0 Å². The largest absolute Gasteiger partial charge is 0.394 e. The summed E-state index contributed by atoms with van der Waals surface area (Å²) >= 11 is 5.48. The van der Waals surface area contributed by atoms with Crippen LogP contribution in [-0.4, -0.2) is 36.4 Å². The Labute approximate surface area is 107 Å². The molecule has 1 aromatic carbocycles. The van der Waals surface area contributed by atoms with Crippen LogP contribution in [-0.2, 0) is 4.74 Å². The van der Waals surface area contributed by atoms with Gasteiger partial charge in [0.05, 0.1) is 29.2 Å². The Morgan fingerprint density at radius 1 is 1.67 bits per heavy atom. The van der Waals surface area contributed by atoms with E-state index in [-0.39, 0.29) is 29.6 Å². The minimum absolute atomic E-state index is 0.0574. The second-order valence-corrected chi connectivity index (χ2v) is 3.93. The number of aliphatic hydroxyl groups is 1. The minimum atomic E-state index is -0.779. The summed E-state index contributed by atoms with van der Waals surface area (Å²) in [6, 6.07) is 1.26. The van der Waals surface area contributed by atoms with Crippen molar-refractivity contribution in [1.29, 1.82) is 0 Å². The van der Waals surface area contributed by atoms with Gasteiger partial charge in [-0.2, -0.15) is 0 Å². The quantitative estimate of drug-likeness (QED) is 0.612. The Hall–Kier alpha value is -1.44. The SMILES string of the molecule is COCC(CO)Nc1cc(F)c(Cl)cc1[N+](=O)[O-]. The van der Waals surface area contributed by atoms with Crippen molar-refractivity contribution in [1.82, 2.24) is 0 Å². The Morgan fingerprint density at radius 3 is 2.83 bits per heavy atom. The molecule has 1 atom stereocenters. The average molecular weight is 279 g/mol. The molecule has 0 radical (unpaired) electrons. The third kappa shape index (κ3) is 3.52. The van der Waals surface area contributed by atoms with E-state index in [4.69, 9.17) is 21.4 Å².